The van der Waals surface area contributed by atoms with Crippen LogP contribution in [0.1, 0.15) is 42.0 Å². The minimum Gasteiger partial charge on any atom is -0.316 e. The van der Waals surface area contributed by atoms with Gasteiger partial charge in [-0.2, -0.15) is 0 Å². The number of rotatable bonds is 2. The summed E-state index contributed by atoms with van der Waals surface area (Å²) >= 11 is 0. The summed E-state index contributed by atoms with van der Waals surface area (Å²) in [5.41, 5.74) is 6.93. The van der Waals surface area contributed by atoms with E-state index in [1.165, 1.54) is 27.9 Å². The molecule has 0 bridgehead atoms. The summed E-state index contributed by atoms with van der Waals surface area (Å²) in [7, 11) is 0. The number of benzene rings is 1. The number of nitrogens with zero attached hydrogens (tertiary/aromatic N) is 1. The Bertz CT molecular complexity index is 536. The van der Waals surface area contributed by atoms with Crippen molar-refractivity contribution in [2.75, 3.05) is 24.5 Å². The monoisotopic (exact) mass is 272 g/mol. The van der Waals surface area contributed by atoms with Crippen LogP contribution in [0.15, 0.2) is 6.07 Å². The molecular formula is C17H24N2O. The summed E-state index contributed by atoms with van der Waals surface area (Å²) in [6.07, 6.45) is 4.80. The van der Waals surface area contributed by atoms with Crippen LogP contribution in [-0.2, 0) is 24.1 Å². The molecule has 3 rings (SSSR count). The fourth-order valence-electron chi connectivity index (χ4n) is 3.65. The van der Waals surface area contributed by atoms with Gasteiger partial charge in [-0.1, -0.05) is 13.0 Å². The number of carbonyl (C=O) groups is 1. The second kappa shape index (κ2) is 5.57. The van der Waals surface area contributed by atoms with Gasteiger partial charge in [-0.05, 0) is 68.0 Å². The third kappa shape index (κ3) is 2.24. The van der Waals surface area contributed by atoms with Crippen molar-refractivity contribution in [3.8, 4) is 0 Å². The van der Waals surface area contributed by atoms with Gasteiger partial charge in [-0.15, -0.1) is 0 Å². The van der Waals surface area contributed by atoms with Crippen LogP contribution >= 0.6 is 0 Å². The average Bonchev–Trinajstić information content (AvgIpc) is 2.68. The van der Waals surface area contributed by atoms with Gasteiger partial charge < -0.3 is 10.2 Å². The molecule has 1 amide bonds. The molecule has 1 N–H and O–H groups in total. The molecule has 20 heavy (non-hydrogen) atoms. The molecule has 0 unspecified atom stereocenters. The van der Waals surface area contributed by atoms with Gasteiger partial charge in [-0.25, -0.2) is 0 Å². The maximum Gasteiger partial charge on any atom is 0.227 e. The third-order valence-electron chi connectivity index (χ3n) is 4.60. The van der Waals surface area contributed by atoms with Gasteiger partial charge in [0.15, 0.2) is 0 Å². The van der Waals surface area contributed by atoms with Crippen molar-refractivity contribution in [1.29, 1.82) is 0 Å². The molecule has 1 aromatic rings. The molecule has 0 aromatic heterocycles. The molecule has 0 radical (unpaired) electrons. The highest BCUT2D eigenvalue weighted by Gasteiger charge is 2.27. The molecule has 0 saturated carbocycles. The first kappa shape index (κ1) is 13.6. The van der Waals surface area contributed by atoms with E-state index < -0.39 is 0 Å². The predicted molar refractivity (Wildman–Crippen MR) is 82.4 cm³/mol. The summed E-state index contributed by atoms with van der Waals surface area (Å²) in [5, 5.41) is 3.48. The first-order chi connectivity index (χ1) is 9.72. The third-order valence-corrected chi connectivity index (χ3v) is 4.60. The first-order valence-corrected chi connectivity index (χ1v) is 7.87. The Hall–Kier alpha value is -1.35. The Labute approximate surface area is 121 Å². The molecule has 2 heterocycles. The van der Waals surface area contributed by atoms with Gasteiger partial charge in [-0.3, -0.25) is 4.79 Å². The van der Waals surface area contributed by atoms with Crippen molar-refractivity contribution in [1.82, 2.24) is 5.32 Å². The second-order valence-corrected chi connectivity index (χ2v) is 5.94. The summed E-state index contributed by atoms with van der Waals surface area (Å²) in [4.78, 5) is 14.3. The lowest BCUT2D eigenvalue weighted by atomic mass is 9.88. The molecule has 0 saturated heterocycles. The normalized spacial score (nSPS) is 18.5. The lowest BCUT2D eigenvalue weighted by molar-refractivity contribution is -0.118. The maximum absolute atomic E-state index is 12.2. The largest absolute Gasteiger partial charge is 0.316 e. The highest BCUT2D eigenvalue weighted by Crippen LogP contribution is 2.36. The van der Waals surface area contributed by atoms with Crippen LogP contribution in [0.4, 0.5) is 5.69 Å². The van der Waals surface area contributed by atoms with Gasteiger partial charge in [0, 0.05) is 13.0 Å². The van der Waals surface area contributed by atoms with E-state index in [1.807, 2.05) is 4.90 Å². The smallest absolute Gasteiger partial charge is 0.227 e. The van der Waals surface area contributed by atoms with E-state index in [9.17, 15) is 4.79 Å². The molecule has 0 fully saturated rings. The van der Waals surface area contributed by atoms with Gasteiger partial charge in [0.25, 0.3) is 0 Å². The number of amides is 1. The number of nitrogens with one attached hydrogen (secondary N) is 1. The molecule has 108 valence electrons. The van der Waals surface area contributed by atoms with E-state index in [2.05, 4.69) is 25.2 Å². The summed E-state index contributed by atoms with van der Waals surface area (Å²) < 4.78 is 0. The van der Waals surface area contributed by atoms with Crippen molar-refractivity contribution < 1.29 is 4.79 Å². The Balaban J connectivity index is 2.11. The molecule has 2 aliphatic heterocycles. The lowest BCUT2D eigenvalue weighted by Gasteiger charge is -2.32. The van der Waals surface area contributed by atoms with E-state index in [1.54, 1.807) is 0 Å². The molecule has 3 nitrogen and oxygen atoms in total. The zero-order valence-electron chi connectivity index (χ0n) is 12.6. The topological polar surface area (TPSA) is 32.3 Å². The number of hydrogen-bond acceptors (Lipinski definition) is 2. The van der Waals surface area contributed by atoms with Crippen LogP contribution in [-0.4, -0.2) is 25.5 Å². The molecule has 0 atom stereocenters. The van der Waals surface area contributed by atoms with Crippen molar-refractivity contribution in [3.05, 3.63) is 28.3 Å². The highest BCUT2D eigenvalue weighted by molar-refractivity contribution is 5.97. The number of fused-ring (bicyclic) bond motifs is 2. The predicted octanol–water partition coefficient (Wildman–Crippen LogP) is 2.37. The van der Waals surface area contributed by atoms with Crippen molar-refractivity contribution in [2.45, 2.75) is 46.0 Å². The lowest BCUT2D eigenvalue weighted by Crippen LogP contribution is -2.36. The SMILES string of the molecule is CCCN1C(=O)CCc2cc3c(c(C)c21)CCNCC3. The van der Waals surface area contributed by atoms with Crippen LogP contribution in [0.2, 0.25) is 0 Å². The van der Waals surface area contributed by atoms with E-state index in [4.69, 9.17) is 0 Å². The number of carbonyl (C=O) groups excluding carboxylic acids is 1. The fourth-order valence-corrected chi connectivity index (χ4v) is 3.65. The molecule has 0 aliphatic carbocycles. The van der Waals surface area contributed by atoms with Crippen LogP contribution in [0, 0.1) is 6.92 Å². The van der Waals surface area contributed by atoms with Gasteiger partial charge in [0.1, 0.15) is 0 Å². The zero-order chi connectivity index (χ0) is 14.1. The van der Waals surface area contributed by atoms with Crippen molar-refractivity contribution in [2.24, 2.45) is 0 Å². The molecule has 0 spiro atoms. The number of hydrogen-bond donors (Lipinski definition) is 1. The summed E-state index contributed by atoms with van der Waals surface area (Å²) in [5.74, 6) is 0.300. The van der Waals surface area contributed by atoms with Crippen LogP contribution in [0.25, 0.3) is 0 Å². The second-order valence-electron chi connectivity index (χ2n) is 5.94. The van der Waals surface area contributed by atoms with Crippen LogP contribution in [0.3, 0.4) is 0 Å². The Morgan fingerprint density at radius 3 is 2.75 bits per heavy atom. The number of aryl methyl sites for hydroxylation is 1. The van der Waals surface area contributed by atoms with E-state index in [0.29, 0.717) is 12.3 Å². The van der Waals surface area contributed by atoms with Crippen molar-refractivity contribution >= 4 is 11.6 Å². The molecular weight excluding hydrogens is 248 g/mol. The minimum atomic E-state index is 0.300. The van der Waals surface area contributed by atoms with Gasteiger partial charge >= 0.3 is 0 Å². The first-order valence-electron chi connectivity index (χ1n) is 7.87. The van der Waals surface area contributed by atoms with E-state index >= 15 is 0 Å². The molecule has 2 aliphatic rings. The Morgan fingerprint density at radius 1 is 1.15 bits per heavy atom. The van der Waals surface area contributed by atoms with E-state index in [-0.39, 0.29) is 0 Å². The summed E-state index contributed by atoms with van der Waals surface area (Å²) in [6, 6.07) is 2.37. The summed E-state index contributed by atoms with van der Waals surface area (Å²) in [6.45, 7) is 7.33. The average molecular weight is 272 g/mol. The molecule has 3 heteroatoms. The van der Waals surface area contributed by atoms with Crippen LogP contribution in [0.5, 0.6) is 0 Å². The Morgan fingerprint density at radius 2 is 1.95 bits per heavy atom. The fraction of sp³-hybridized carbons (Fsp3) is 0.588. The highest BCUT2D eigenvalue weighted by atomic mass is 16.2. The Kier molecular flexibility index (Phi) is 3.79. The minimum absolute atomic E-state index is 0.300. The van der Waals surface area contributed by atoms with Crippen molar-refractivity contribution in [3.63, 3.8) is 0 Å². The standard InChI is InChI=1S/C17H24N2O/c1-3-10-19-16(20)5-4-14-11-13-6-8-18-9-7-15(13)12(2)17(14)19/h11,18H,3-10H2,1-2H3. The molecule has 1 aromatic carbocycles. The van der Waals surface area contributed by atoms with E-state index in [0.717, 1.165) is 45.3 Å². The maximum atomic E-state index is 12.2. The van der Waals surface area contributed by atoms with Gasteiger partial charge in [0.05, 0.1) is 5.69 Å². The van der Waals surface area contributed by atoms with Gasteiger partial charge in [0.2, 0.25) is 5.91 Å². The number of anilines is 1. The zero-order valence-corrected chi connectivity index (χ0v) is 12.6. The van der Waals surface area contributed by atoms with Crippen LogP contribution < -0.4 is 10.2 Å². The quantitative estimate of drug-likeness (QED) is 0.896.